The largest absolute Gasteiger partial charge is 0.469 e. The second kappa shape index (κ2) is 10.1. The molecular formula is C35H54O7. The van der Waals surface area contributed by atoms with Crippen LogP contribution in [0.1, 0.15) is 113 Å². The van der Waals surface area contributed by atoms with Crippen LogP contribution in [0.3, 0.4) is 0 Å². The summed E-state index contributed by atoms with van der Waals surface area (Å²) in [5.41, 5.74) is -0.420. The van der Waals surface area contributed by atoms with Gasteiger partial charge >= 0.3 is 17.9 Å². The van der Waals surface area contributed by atoms with Crippen LogP contribution in [0.4, 0.5) is 0 Å². The zero-order valence-corrected chi connectivity index (χ0v) is 27.4. The molecule has 0 heterocycles. The van der Waals surface area contributed by atoms with Crippen LogP contribution in [-0.2, 0) is 28.6 Å². The van der Waals surface area contributed by atoms with Crippen LogP contribution in [-0.4, -0.2) is 48.9 Å². The standard InChI is InChI=1S/C35H54O7/c1-21(36)41-20-32(6)24-12-15-34(8)25(31(24,5)14-13-26(32)42-22(2)37)11-10-23-27-28(38)30(3,4)16-18-35(27,29(39)40-9)19-17-33(23,34)7/h10,24-28,38H,11-20H2,1-9H3/t24-,25+,26+,27-,28+,31+,32-,33-,34-,35+/m1/s1. The Morgan fingerprint density at radius 3 is 2.17 bits per heavy atom. The second-order valence-corrected chi connectivity index (χ2v) is 16.3. The Kier molecular flexibility index (Phi) is 7.56. The molecule has 7 heteroatoms. The zero-order valence-electron chi connectivity index (χ0n) is 27.4. The van der Waals surface area contributed by atoms with Gasteiger partial charge in [0.05, 0.1) is 18.6 Å². The topological polar surface area (TPSA) is 99.1 Å². The Bertz CT molecular complexity index is 1170. The fraction of sp³-hybridized carbons (Fsp3) is 0.857. The van der Waals surface area contributed by atoms with Crippen molar-refractivity contribution in [1.29, 1.82) is 0 Å². The molecule has 10 atom stereocenters. The number of aliphatic hydroxyl groups excluding tert-OH is 1. The first kappa shape index (κ1) is 31.5. The monoisotopic (exact) mass is 586 g/mol. The Hall–Kier alpha value is -1.89. The van der Waals surface area contributed by atoms with Crippen molar-refractivity contribution in [2.45, 2.75) is 125 Å². The predicted molar refractivity (Wildman–Crippen MR) is 159 cm³/mol. The van der Waals surface area contributed by atoms with Gasteiger partial charge in [0.25, 0.3) is 0 Å². The molecule has 0 amide bonds. The highest BCUT2D eigenvalue weighted by Crippen LogP contribution is 2.76. The van der Waals surface area contributed by atoms with E-state index in [1.807, 2.05) is 0 Å². The maximum absolute atomic E-state index is 13.5. The van der Waals surface area contributed by atoms with E-state index >= 15 is 0 Å². The molecule has 0 aromatic carbocycles. The van der Waals surface area contributed by atoms with Crippen molar-refractivity contribution in [1.82, 2.24) is 0 Å². The maximum atomic E-state index is 13.5. The first-order valence-corrected chi connectivity index (χ1v) is 16.2. The Balaban J connectivity index is 1.58. The molecule has 0 bridgehead atoms. The van der Waals surface area contributed by atoms with E-state index < -0.39 is 16.9 Å². The lowest BCUT2D eigenvalue weighted by Gasteiger charge is -2.71. The maximum Gasteiger partial charge on any atom is 0.312 e. The quantitative estimate of drug-likeness (QED) is 0.231. The first-order chi connectivity index (χ1) is 19.4. The summed E-state index contributed by atoms with van der Waals surface area (Å²) in [5.74, 6) is -0.430. The fourth-order valence-corrected chi connectivity index (χ4v) is 11.4. The SMILES string of the molecule is COC(=O)[C@]12CCC(C)(C)[C@@H](O)[C@H]1C1=CC[C@H]3[C@@]4(C)CC[C@H](OC(C)=O)[C@](C)(COC(C)=O)[C@@H]4CC[C@@]3(C)[C@]1(C)CC2. The minimum Gasteiger partial charge on any atom is -0.469 e. The van der Waals surface area contributed by atoms with Crippen molar-refractivity contribution >= 4 is 17.9 Å². The van der Waals surface area contributed by atoms with Crippen molar-refractivity contribution in [3.63, 3.8) is 0 Å². The third-order valence-electron chi connectivity index (χ3n) is 14.1. The summed E-state index contributed by atoms with van der Waals surface area (Å²) in [6.07, 6.45) is 9.17. The summed E-state index contributed by atoms with van der Waals surface area (Å²) in [4.78, 5) is 37.6. The lowest BCUT2D eigenvalue weighted by molar-refractivity contribution is -0.229. The summed E-state index contributed by atoms with van der Waals surface area (Å²) in [6.45, 7) is 16.9. The fourth-order valence-electron chi connectivity index (χ4n) is 11.4. The minimum atomic E-state index is -0.677. The number of aliphatic hydroxyl groups is 1. The predicted octanol–water partition coefficient (Wildman–Crippen LogP) is 6.41. The number of rotatable bonds is 4. The van der Waals surface area contributed by atoms with Gasteiger partial charge in [-0.3, -0.25) is 14.4 Å². The Morgan fingerprint density at radius 1 is 0.881 bits per heavy atom. The highest BCUT2D eigenvalue weighted by Gasteiger charge is 2.71. The molecule has 5 rings (SSSR count). The molecule has 4 fully saturated rings. The van der Waals surface area contributed by atoms with Gasteiger partial charge in [0.15, 0.2) is 0 Å². The van der Waals surface area contributed by atoms with Crippen LogP contribution in [0.25, 0.3) is 0 Å². The van der Waals surface area contributed by atoms with Gasteiger partial charge in [0, 0.05) is 25.2 Å². The van der Waals surface area contributed by atoms with Gasteiger partial charge in [-0.1, -0.05) is 53.2 Å². The lowest BCUT2D eigenvalue weighted by atomic mass is 9.33. The Morgan fingerprint density at radius 2 is 1.55 bits per heavy atom. The summed E-state index contributed by atoms with van der Waals surface area (Å²) < 4.78 is 17.0. The number of allylic oxidation sites excluding steroid dienone is 1. The van der Waals surface area contributed by atoms with Crippen LogP contribution >= 0.6 is 0 Å². The van der Waals surface area contributed by atoms with Crippen molar-refractivity contribution in [2.75, 3.05) is 13.7 Å². The van der Waals surface area contributed by atoms with Crippen LogP contribution < -0.4 is 0 Å². The van der Waals surface area contributed by atoms with Crippen molar-refractivity contribution in [3.8, 4) is 0 Å². The van der Waals surface area contributed by atoms with E-state index in [-0.39, 0.29) is 64.1 Å². The van der Waals surface area contributed by atoms with E-state index in [0.717, 1.165) is 57.8 Å². The molecule has 0 aromatic heterocycles. The van der Waals surface area contributed by atoms with E-state index in [4.69, 9.17) is 14.2 Å². The number of ether oxygens (including phenoxy) is 3. The molecule has 7 nitrogen and oxygen atoms in total. The van der Waals surface area contributed by atoms with Crippen molar-refractivity contribution < 1.29 is 33.7 Å². The molecule has 0 spiro atoms. The molecule has 0 aromatic rings. The van der Waals surface area contributed by atoms with E-state index in [9.17, 15) is 19.5 Å². The number of hydrogen-bond donors (Lipinski definition) is 1. The molecule has 236 valence electrons. The molecule has 5 aliphatic carbocycles. The van der Waals surface area contributed by atoms with Crippen LogP contribution in [0, 0.1) is 50.2 Å². The van der Waals surface area contributed by atoms with E-state index in [1.54, 1.807) is 0 Å². The zero-order chi connectivity index (χ0) is 31.1. The van der Waals surface area contributed by atoms with Gasteiger partial charge in [-0.05, 0) is 91.3 Å². The molecular weight excluding hydrogens is 532 g/mol. The van der Waals surface area contributed by atoms with Gasteiger partial charge in [-0.15, -0.1) is 0 Å². The molecule has 0 aliphatic heterocycles. The third kappa shape index (κ3) is 4.18. The molecule has 0 unspecified atom stereocenters. The minimum absolute atomic E-state index is 0.0392. The molecule has 4 saturated carbocycles. The smallest absolute Gasteiger partial charge is 0.312 e. The van der Waals surface area contributed by atoms with Crippen LogP contribution in [0.2, 0.25) is 0 Å². The first-order valence-electron chi connectivity index (χ1n) is 16.2. The van der Waals surface area contributed by atoms with Crippen molar-refractivity contribution in [3.05, 3.63) is 11.6 Å². The molecule has 42 heavy (non-hydrogen) atoms. The number of hydrogen-bond acceptors (Lipinski definition) is 7. The average molecular weight is 587 g/mol. The third-order valence-corrected chi connectivity index (χ3v) is 14.1. The number of fused-ring (bicyclic) bond motifs is 7. The summed E-state index contributed by atoms with van der Waals surface area (Å²) in [5, 5.41) is 12.0. The van der Waals surface area contributed by atoms with Crippen LogP contribution in [0.5, 0.6) is 0 Å². The second-order valence-electron chi connectivity index (χ2n) is 16.3. The van der Waals surface area contributed by atoms with Crippen molar-refractivity contribution in [2.24, 2.45) is 50.2 Å². The van der Waals surface area contributed by atoms with Gasteiger partial charge in [-0.2, -0.15) is 0 Å². The average Bonchev–Trinajstić information content (AvgIpc) is 2.91. The number of methoxy groups -OCH3 is 1. The van der Waals surface area contributed by atoms with Crippen LogP contribution in [0.15, 0.2) is 11.6 Å². The molecule has 1 N–H and O–H groups in total. The van der Waals surface area contributed by atoms with E-state index in [0.29, 0.717) is 5.92 Å². The Labute approximate surface area is 252 Å². The van der Waals surface area contributed by atoms with E-state index in [2.05, 4.69) is 47.6 Å². The number of carbonyl (C=O) groups is 3. The molecule has 0 radical (unpaired) electrons. The lowest BCUT2D eigenvalue weighted by Crippen LogP contribution is -2.67. The van der Waals surface area contributed by atoms with Gasteiger partial charge < -0.3 is 19.3 Å². The highest BCUT2D eigenvalue weighted by atomic mass is 16.6. The van der Waals surface area contributed by atoms with E-state index in [1.165, 1.54) is 26.5 Å². The number of esters is 3. The normalized spacial score (nSPS) is 47.4. The summed E-state index contributed by atoms with van der Waals surface area (Å²) >= 11 is 0. The summed E-state index contributed by atoms with van der Waals surface area (Å²) in [7, 11) is 1.49. The molecule has 0 saturated heterocycles. The van der Waals surface area contributed by atoms with Gasteiger partial charge in [0.1, 0.15) is 12.7 Å². The van der Waals surface area contributed by atoms with Gasteiger partial charge in [0.2, 0.25) is 0 Å². The molecule has 5 aliphatic rings. The number of carbonyl (C=O) groups excluding carboxylic acids is 3. The van der Waals surface area contributed by atoms with Gasteiger partial charge in [-0.25, -0.2) is 0 Å². The summed E-state index contributed by atoms with van der Waals surface area (Å²) in [6, 6.07) is 0. The highest BCUT2D eigenvalue weighted by molar-refractivity contribution is 5.79.